The van der Waals surface area contributed by atoms with Crippen molar-refractivity contribution >= 4 is 17.3 Å². The third-order valence-corrected chi connectivity index (χ3v) is 3.28. The summed E-state index contributed by atoms with van der Waals surface area (Å²) in [6, 6.07) is 14.9. The van der Waals surface area contributed by atoms with E-state index in [1.54, 1.807) is 17.0 Å². The molecular weight excluding hydrogens is 268 g/mol. The standard InChI is InChI=1S/C16H16N2O3/c17-13-7-4-8-14-16(13)21-11-15(19)18(14)9-10-20-12-5-2-1-3-6-12/h1-8H,9-11,17H2. The number of para-hydroxylation sites is 2. The molecule has 0 aromatic heterocycles. The molecule has 0 bridgehead atoms. The van der Waals surface area contributed by atoms with Gasteiger partial charge in [-0.2, -0.15) is 0 Å². The lowest BCUT2D eigenvalue weighted by atomic mass is 10.2. The number of nitrogens with two attached hydrogens (primary N) is 1. The molecule has 1 heterocycles. The predicted molar refractivity (Wildman–Crippen MR) is 80.6 cm³/mol. The van der Waals surface area contributed by atoms with E-state index in [-0.39, 0.29) is 12.5 Å². The Morgan fingerprint density at radius 3 is 2.76 bits per heavy atom. The van der Waals surface area contributed by atoms with Gasteiger partial charge in [0.25, 0.3) is 5.91 Å². The number of nitrogen functional groups attached to an aromatic ring is 1. The van der Waals surface area contributed by atoms with Gasteiger partial charge < -0.3 is 20.1 Å². The van der Waals surface area contributed by atoms with Crippen molar-refractivity contribution < 1.29 is 14.3 Å². The second-order valence-corrected chi connectivity index (χ2v) is 4.69. The van der Waals surface area contributed by atoms with Crippen LogP contribution in [0.2, 0.25) is 0 Å². The largest absolute Gasteiger partial charge is 0.492 e. The monoisotopic (exact) mass is 284 g/mol. The van der Waals surface area contributed by atoms with Gasteiger partial charge in [0.15, 0.2) is 12.4 Å². The van der Waals surface area contributed by atoms with Crippen LogP contribution in [-0.2, 0) is 4.79 Å². The fraction of sp³-hybridized carbons (Fsp3) is 0.188. The van der Waals surface area contributed by atoms with Crippen LogP contribution >= 0.6 is 0 Å². The third-order valence-electron chi connectivity index (χ3n) is 3.28. The van der Waals surface area contributed by atoms with Gasteiger partial charge >= 0.3 is 0 Å². The molecule has 0 radical (unpaired) electrons. The molecule has 5 heteroatoms. The lowest BCUT2D eigenvalue weighted by Gasteiger charge is -2.29. The summed E-state index contributed by atoms with van der Waals surface area (Å²) < 4.78 is 11.0. The Balaban J connectivity index is 1.71. The zero-order valence-corrected chi connectivity index (χ0v) is 11.5. The number of hydrogen-bond donors (Lipinski definition) is 1. The minimum atomic E-state index is -0.0928. The van der Waals surface area contributed by atoms with Crippen molar-refractivity contribution in [2.75, 3.05) is 30.4 Å². The molecule has 1 aliphatic heterocycles. The Morgan fingerprint density at radius 2 is 1.95 bits per heavy atom. The highest BCUT2D eigenvalue weighted by molar-refractivity contribution is 5.99. The third kappa shape index (κ3) is 2.76. The molecule has 0 fully saturated rings. The molecular formula is C16H16N2O3. The average molecular weight is 284 g/mol. The van der Waals surface area contributed by atoms with Gasteiger partial charge in [-0.3, -0.25) is 4.79 Å². The number of carbonyl (C=O) groups excluding carboxylic acids is 1. The maximum absolute atomic E-state index is 12.0. The van der Waals surface area contributed by atoms with E-state index >= 15 is 0 Å². The van der Waals surface area contributed by atoms with Gasteiger partial charge in [-0.25, -0.2) is 0 Å². The van der Waals surface area contributed by atoms with Crippen molar-refractivity contribution in [3.05, 3.63) is 48.5 Å². The van der Waals surface area contributed by atoms with Gasteiger partial charge in [0.05, 0.1) is 17.9 Å². The van der Waals surface area contributed by atoms with Gasteiger partial charge in [-0.1, -0.05) is 24.3 Å². The number of nitrogens with zero attached hydrogens (tertiary/aromatic N) is 1. The number of hydrogen-bond acceptors (Lipinski definition) is 4. The number of anilines is 2. The SMILES string of the molecule is Nc1cccc2c1OCC(=O)N2CCOc1ccccc1. The number of carbonyl (C=O) groups is 1. The zero-order valence-electron chi connectivity index (χ0n) is 11.5. The lowest BCUT2D eigenvalue weighted by Crippen LogP contribution is -2.41. The van der Waals surface area contributed by atoms with E-state index in [1.807, 2.05) is 36.4 Å². The molecule has 1 amide bonds. The van der Waals surface area contributed by atoms with Crippen molar-refractivity contribution in [3.63, 3.8) is 0 Å². The van der Waals surface area contributed by atoms with E-state index in [9.17, 15) is 4.79 Å². The van der Waals surface area contributed by atoms with Gasteiger partial charge in [0.2, 0.25) is 0 Å². The van der Waals surface area contributed by atoms with E-state index in [0.29, 0.717) is 30.3 Å². The van der Waals surface area contributed by atoms with Crippen LogP contribution in [0.15, 0.2) is 48.5 Å². The Morgan fingerprint density at radius 1 is 1.14 bits per heavy atom. The van der Waals surface area contributed by atoms with Crippen LogP contribution in [-0.4, -0.2) is 25.7 Å². The molecule has 2 aromatic rings. The molecule has 3 rings (SSSR count). The molecule has 0 atom stereocenters. The lowest BCUT2D eigenvalue weighted by molar-refractivity contribution is -0.121. The van der Waals surface area contributed by atoms with E-state index in [0.717, 1.165) is 5.75 Å². The first kappa shape index (κ1) is 13.3. The van der Waals surface area contributed by atoms with E-state index < -0.39 is 0 Å². The summed E-state index contributed by atoms with van der Waals surface area (Å²) in [5.74, 6) is 1.26. The number of rotatable bonds is 4. The molecule has 1 aliphatic rings. The fourth-order valence-electron chi connectivity index (χ4n) is 2.27. The fourth-order valence-corrected chi connectivity index (χ4v) is 2.27. The molecule has 0 aliphatic carbocycles. The Bertz CT molecular complexity index is 643. The Labute approximate surface area is 122 Å². The summed E-state index contributed by atoms with van der Waals surface area (Å²) in [6.07, 6.45) is 0. The molecule has 2 N–H and O–H groups in total. The predicted octanol–water partition coefficient (Wildman–Crippen LogP) is 2.07. The summed E-state index contributed by atoms with van der Waals surface area (Å²) >= 11 is 0. The topological polar surface area (TPSA) is 64.8 Å². The summed E-state index contributed by atoms with van der Waals surface area (Å²) in [5.41, 5.74) is 7.11. The van der Waals surface area contributed by atoms with Crippen LogP contribution < -0.4 is 20.1 Å². The summed E-state index contributed by atoms with van der Waals surface area (Å²) in [4.78, 5) is 13.7. The minimum Gasteiger partial charge on any atom is -0.492 e. The van der Waals surface area contributed by atoms with E-state index in [1.165, 1.54) is 0 Å². The van der Waals surface area contributed by atoms with Gasteiger partial charge in [-0.15, -0.1) is 0 Å². The molecule has 5 nitrogen and oxygen atoms in total. The van der Waals surface area contributed by atoms with E-state index in [4.69, 9.17) is 15.2 Å². The number of amides is 1. The second kappa shape index (κ2) is 5.75. The maximum atomic E-state index is 12.0. The number of ether oxygens (including phenoxy) is 2. The normalized spacial score (nSPS) is 13.5. The molecule has 0 saturated heterocycles. The van der Waals surface area contributed by atoms with Gasteiger partial charge in [-0.05, 0) is 24.3 Å². The van der Waals surface area contributed by atoms with Gasteiger partial charge in [0.1, 0.15) is 12.4 Å². The van der Waals surface area contributed by atoms with Crippen molar-refractivity contribution in [3.8, 4) is 11.5 Å². The van der Waals surface area contributed by atoms with Crippen LogP contribution in [0.25, 0.3) is 0 Å². The van der Waals surface area contributed by atoms with Crippen molar-refractivity contribution in [2.45, 2.75) is 0 Å². The molecule has 0 spiro atoms. The highest BCUT2D eigenvalue weighted by Crippen LogP contribution is 2.36. The first-order valence-electron chi connectivity index (χ1n) is 6.75. The van der Waals surface area contributed by atoms with Crippen LogP contribution in [0.3, 0.4) is 0 Å². The van der Waals surface area contributed by atoms with Gasteiger partial charge in [0, 0.05) is 0 Å². The highest BCUT2D eigenvalue weighted by atomic mass is 16.5. The zero-order chi connectivity index (χ0) is 14.7. The molecule has 21 heavy (non-hydrogen) atoms. The average Bonchev–Trinajstić information content (AvgIpc) is 2.51. The number of benzene rings is 2. The second-order valence-electron chi connectivity index (χ2n) is 4.69. The van der Waals surface area contributed by atoms with Crippen LogP contribution in [0.1, 0.15) is 0 Å². The number of fused-ring (bicyclic) bond motifs is 1. The molecule has 0 unspecified atom stereocenters. The summed E-state index contributed by atoms with van der Waals surface area (Å²) in [7, 11) is 0. The summed E-state index contributed by atoms with van der Waals surface area (Å²) in [6.45, 7) is 0.865. The van der Waals surface area contributed by atoms with Crippen molar-refractivity contribution in [2.24, 2.45) is 0 Å². The molecule has 0 saturated carbocycles. The van der Waals surface area contributed by atoms with E-state index in [2.05, 4.69) is 0 Å². The molecule has 2 aromatic carbocycles. The smallest absolute Gasteiger partial charge is 0.265 e. The molecule has 108 valence electrons. The van der Waals surface area contributed by atoms with Crippen molar-refractivity contribution in [1.82, 2.24) is 0 Å². The summed E-state index contributed by atoms with van der Waals surface area (Å²) in [5, 5.41) is 0. The minimum absolute atomic E-state index is 0.00650. The van der Waals surface area contributed by atoms with Crippen molar-refractivity contribution in [1.29, 1.82) is 0 Å². The first-order valence-corrected chi connectivity index (χ1v) is 6.75. The van der Waals surface area contributed by atoms with Crippen LogP contribution in [0.4, 0.5) is 11.4 Å². The first-order chi connectivity index (χ1) is 10.3. The Kier molecular flexibility index (Phi) is 3.64. The Hall–Kier alpha value is -2.69. The highest BCUT2D eigenvalue weighted by Gasteiger charge is 2.26. The maximum Gasteiger partial charge on any atom is 0.265 e. The van der Waals surface area contributed by atoms with Crippen LogP contribution in [0, 0.1) is 0 Å². The van der Waals surface area contributed by atoms with Crippen LogP contribution in [0.5, 0.6) is 11.5 Å². The quantitative estimate of drug-likeness (QED) is 0.873.